The Labute approximate surface area is 194 Å². The molecule has 3 saturated carbocycles. The van der Waals surface area contributed by atoms with Crippen molar-refractivity contribution in [2.24, 2.45) is 46.3 Å². The highest BCUT2D eigenvalue weighted by Crippen LogP contribution is 2.67. The zero-order valence-electron chi connectivity index (χ0n) is 20.9. The third-order valence-corrected chi connectivity index (χ3v) is 11.4. The quantitative estimate of drug-likeness (QED) is 0.530. The molecule has 0 amide bonds. The fraction of sp³-hybridized carbons (Fsp3) is 0.929. The highest BCUT2D eigenvalue weighted by atomic mass is 16.6. The summed E-state index contributed by atoms with van der Waals surface area (Å²) in [5.74, 6) is 3.13. The molecule has 1 heterocycles. The van der Waals surface area contributed by atoms with Crippen molar-refractivity contribution in [1.29, 1.82) is 0 Å². The molecular formula is C28H46O4. The lowest BCUT2D eigenvalue weighted by Crippen LogP contribution is -2.51. The third kappa shape index (κ3) is 3.46. The lowest BCUT2D eigenvalue weighted by atomic mass is 9.47. The van der Waals surface area contributed by atoms with E-state index in [9.17, 15) is 15.3 Å². The standard InChI is InChI=1S/C28H46O4/c1-16(24-15-23(25(30)32-24)26(2,3)31)20-8-9-21-19-7-6-17-14-18(29)10-12-27(17,4)22(19)11-13-28(20,21)5/h6,16,18-25,29-31H,7-15H2,1-5H3/t16-,18-,19?,20+,21?,22?,23?,24+,25?,27-,28+/m0/s1. The maximum absolute atomic E-state index is 10.5. The molecule has 4 nitrogen and oxygen atoms in total. The van der Waals surface area contributed by atoms with Crippen molar-refractivity contribution in [3.8, 4) is 0 Å². The first-order valence-electron chi connectivity index (χ1n) is 13.4. The van der Waals surface area contributed by atoms with Crippen LogP contribution >= 0.6 is 0 Å². The molecule has 1 aliphatic heterocycles. The number of fused-ring (bicyclic) bond motifs is 5. The first kappa shape index (κ1) is 23.3. The number of hydrogen-bond donors (Lipinski definition) is 3. The summed E-state index contributed by atoms with van der Waals surface area (Å²) < 4.78 is 6.07. The monoisotopic (exact) mass is 446 g/mol. The van der Waals surface area contributed by atoms with Gasteiger partial charge in [0.25, 0.3) is 0 Å². The number of allylic oxidation sites excluding steroid dienone is 1. The van der Waals surface area contributed by atoms with Gasteiger partial charge in [-0.25, -0.2) is 0 Å². The van der Waals surface area contributed by atoms with Crippen LogP contribution in [0.5, 0.6) is 0 Å². The number of aliphatic hydroxyl groups is 3. The summed E-state index contributed by atoms with van der Waals surface area (Å²) in [4.78, 5) is 0. The Kier molecular flexibility index (Phi) is 5.68. The molecule has 5 unspecified atom stereocenters. The summed E-state index contributed by atoms with van der Waals surface area (Å²) >= 11 is 0. The van der Waals surface area contributed by atoms with Crippen LogP contribution < -0.4 is 0 Å². The zero-order valence-corrected chi connectivity index (χ0v) is 20.9. The minimum absolute atomic E-state index is 0.0370. The van der Waals surface area contributed by atoms with Crippen LogP contribution in [0.1, 0.15) is 92.4 Å². The summed E-state index contributed by atoms with van der Waals surface area (Å²) in [5.41, 5.74) is 1.28. The van der Waals surface area contributed by atoms with Gasteiger partial charge in [-0.3, -0.25) is 0 Å². The maximum Gasteiger partial charge on any atom is 0.160 e. The van der Waals surface area contributed by atoms with Gasteiger partial charge in [0.15, 0.2) is 6.29 Å². The molecule has 11 atom stereocenters. The predicted molar refractivity (Wildman–Crippen MR) is 126 cm³/mol. The van der Waals surface area contributed by atoms with Crippen LogP contribution in [-0.2, 0) is 4.74 Å². The predicted octanol–water partition coefficient (Wildman–Crippen LogP) is 5.06. The second-order valence-corrected chi connectivity index (χ2v) is 13.3. The fourth-order valence-electron chi connectivity index (χ4n) is 9.48. The maximum atomic E-state index is 10.5. The highest BCUT2D eigenvalue weighted by molar-refractivity contribution is 5.25. The smallest absolute Gasteiger partial charge is 0.160 e. The SMILES string of the molecule is C[C@@H]([C@H]1CCC2C3CC=C4C[C@@H](O)CC[C@]4(C)C3CC[C@@]21C)[C@H]1CC(C(C)(C)O)C(O)O1. The number of rotatable bonds is 3. The van der Waals surface area contributed by atoms with Gasteiger partial charge in [-0.15, -0.1) is 0 Å². The van der Waals surface area contributed by atoms with E-state index in [1.54, 1.807) is 19.4 Å². The van der Waals surface area contributed by atoms with Crippen LogP contribution in [0.2, 0.25) is 0 Å². The molecule has 5 rings (SSSR count). The molecule has 0 aromatic rings. The minimum atomic E-state index is -0.913. The summed E-state index contributed by atoms with van der Waals surface area (Å²) in [7, 11) is 0. The summed E-state index contributed by atoms with van der Waals surface area (Å²) in [6, 6.07) is 0. The van der Waals surface area contributed by atoms with Crippen molar-refractivity contribution < 1.29 is 20.1 Å². The van der Waals surface area contributed by atoms with Gasteiger partial charge in [-0.05, 0) is 112 Å². The fourth-order valence-corrected chi connectivity index (χ4v) is 9.48. The first-order chi connectivity index (χ1) is 14.9. The van der Waals surface area contributed by atoms with Gasteiger partial charge in [-0.1, -0.05) is 32.4 Å². The molecular weight excluding hydrogens is 400 g/mol. The Hall–Kier alpha value is -0.420. The van der Waals surface area contributed by atoms with E-state index in [2.05, 4.69) is 26.8 Å². The van der Waals surface area contributed by atoms with Crippen LogP contribution in [0, 0.1) is 46.3 Å². The zero-order chi connectivity index (χ0) is 23.1. The Morgan fingerprint density at radius 1 is 1.06 bits per heavy atom. The molecule has 0 aromatic heterocycles. The molecule has 4 aliphatic carbocycles. The van der Waals surface area contributed by atoms with Gasteiger partial charge in [0.2, 0.25) is 0 Å². The second kappa shape index (κ2) is 7.80. The number of aliphatic hydroxyl groups excluding tert-OH is 2. The Balaban J connectivity index is 1.34. The molecule has 0 bridgehead atoms. The van der Waals surface area contributed by atoms with Gasteiger partial charge in [0.1, 0.15) is 0 Å². The van der Waals surface area contributed by atoms with Crippen LogP contribution in [0.15, 0.2) is 11.6 Å². The van der Waals surface area contributed by atoms with E-state index in [4.69, 9.17) is 4.74 Å². The van der Waals surface area contributed by atoms with Crippen LogP contribution in [-0.4, -0.2) is 39.4 Å². The van der Waals surface area contributed by atoms with Crippen molar-refractivity contribution >= 4 is 0 Å². The lowest BCUT2D eigenvalue weighted by molar-refractivity contribution is -0.154. The van der Waals surface area contributed by atoms with Crippen LogP contribution in [0.25, 0.3) is 0 Å². The Morgan fingerprint density at radius 3 is 2.50 bits per heavy atom. The van der Waals surface area contributed by atoms with Crippen molar-refractivity contribution in [1.82, 2.24) is 0 Å². The summed E-state index contributed by atoms with van der Waals surface area (Å²) in [6.07, 6.45) is 11.7. The second-order valence-electron chi connectivity index (χ2n) is 13.3. The Bertz CT molecular complexity index is 755. The molecule has 3 N–H and O–H groups in total. The average molecular weight is 447 g/mol. The van der Waals surface area contributed by atoms with Gasteiger partial charge >= 0.3 is 0 Å². The average Bonchev–Trinajstić information content (AvgIpc) is 3.28. The van der Waals surface area contributed by atoms with Gasteiger partial charge in [-0.2, -0.15) is 0 Å². The van der Waals surface area contributed by atoms with Crippen molar-refractivity contribution in [2.45, 2.75) is 117 Å². The topological polar surface area (TPSA) is 69.9 Å². The van der Waals surface area contributed by atoms with E-state index >= 15 is 0 Å². The molecule has 4 heteroatoms. The summed E-state index contributed by atoms with van der Waals surface area (Å²) in [6.45, 7) is 11.0. The number of ether oxygens (including phenoxy) is 1. The van der Waals surface area contributed by atoms with Gasteiger partial charge in [0, 0.05) is 5.92 Å². The van der Waals surface area contributed by atoms with E-state index in [0.717, 1.165) is 43.4 Å². The number of hydrogen-bond acceptors (Lipinski definition) is 4. The van der Waals surface area contributed by atoms with Crippen LogP contribution in [0.4, 0.5) is 0 Å². The van der Waals surface area contributed by atoms with E-state index in [1.165, 1.54) is 32.1 Å². The van der Waals surface area contributed by atoms with E-state index in [-0.39, 0.29) is 18.1 Å². The first-order valence-corrected chi connectivity index (χ1v) is 13.4. The van der Waals surface area contributed by atoms with Crippen LogP contribution in [0.3, 0.4) is 0 Å². The minimum Gasteiger partial charge on any atom is -0.393 e. The molecule has 0 spiro atoms. The van der Waals surface area contributed by atoms with Gasteiger partial charge < -0.3 is 20.1 Å². The Morgan fingerprint density at radius 2 is 1.81 bits per heavy atom. The van der Waals surface area contributed by atoms with Crippen molar-refractivity contribution in [3.05, 3.63) is 11.6 Å². The third-order valence-electron chi connectivity index (χ3n) is 11.4. The molecule has 5 aliphatic rings. The summed E-state index contributed by atoms with van der Waals surface area (Å²) in [5, 5.41) is 31.2. The molecule has 32 heavy (non-hydrogen) atoms. The highest BCUT2D eigenvalue weighted by Gasteiger charge is 2.60. The molecule has 1 saturated heterocycles. The van der Waals surface area contributed by atoms with Crippen molar-refractivity contribution in [2.75, 3.05) is 0 Å². The van der Waals surface area contributed by atoms with E-state index < -0.39 is 11.9 Å². The normalized spacial score (nSPS) is 52.1. The molecule has 182 valence electrons. The molecule has 0 aromatic carbocycles. The molecule has 4 fully saturated rings. The van der Waals surface area contributed by atoms with Gasteiger partial charge in [0.05, 0.1) is 17.8 Å². The lowest BCUT2D eigenvalue weighted by Gasteiger charge is -2.58. The molecule has 0 radical (unpaired) electrons. The van der Waals surface area contributed by atoms with E-state index in [1.807, 2.05) is 0 Å². The van der Waals surface area contributed by atoms with Crippen molar-refractivity contribution in [3.63, 3.8) is 0 Å². The van der Waals surface area contributed by atoms with E-state index in [0.29, 0.717) is 22.7 Å². The largest absolute Gasteiger partial charge is 0.393 e.